The second-order valence-electron chi connectivity index (χ2n) is 4.91. The maximum Gasteiger partial charge on any atom is 0.218 e. The number of aromatic nitrogens is 1. The van der Waals surface area contributed by atoms with Gasteiger partial charge in [0, 0.05) is 42.5 Å². The number of rotatable bonds is 8. The molecule has 7 heteroatoms. The Hall–Kier alpha value is -1.48. The molecule has 0 atom stereocenters. The summed E-state index contributed by atoms with van der Waals surface area (Å²) in [6.45, 7) is 4.02. The Bertz CT molecular complexity index is 640. The highest BCUT2D eigenvalue weighted by molar-refractivity contribution is 14.0. The van der Waals surface area contributed by atoms with Crippen molar-refractivity contribution in [3.05, 3.63) is 54.2 Å². The lowest BCUT2D eigenvalue weighted by atomic mass is 10.2. The fourth-order valence-corrected chi connectivity index (χ4v) is 2.87. The fraction of sp³-hybridized carbons (Fsp3) is 0.333. The summed E-state index contributed by atoms with van der Waals surface area (Å²) in [5, 5.41) is 6.61. The lowest BCUT2D eigenvalue weighted by Crippen LogP contribution is -2.38. The monoisotopic (exact) mass is 472 g/mol. The predicted molar refractivity (Wildman–Crippen MR) is 116 cm³/mol. The van der Waals surface area contributed by atoms with Crippen LogP contribution in [0.1, 0.15) is 12.5 Å². The number of pyridine rings is 1. The van der Waals surface area contributed by atoms with Crippen LogP contribution in [0.5, 0.6) is 5.88 Å². The van der Waals surface area contributed by atoms with Crippen molar-refractivity contribution in [2.75, 3.05) is 26.0 Å². The van der Waals surface area contributed by atoms with E-state index in [2.05, 4.69) is 44.9 Å². The van der Waals surface area contributed by atoms with Crippen molar-refractivity contribution >= 4 is 41.7 Å². The highest BCUT2D eigenvalue weighted by Gasteiger charge is 2.05. The zero-order chi connectivity index (χ0) is 17.0. The van der Waals surface area contributed by atoms with E-state index in [4.69, 9.17) is 4.74 Å². The largest absolute Gasteiger partial charge is 0.478 e. The fourth-order valence-electron chi connectivity index (χ4n) is 2.08. The molecule has 0 spiro atoms. The first kappa shape index (κ1) is 21.6. The smallest absolute Gasteiger partial charge is 0.218 e. The van der Waals surface area contributed by atoms with Crippen LogP contribution in [0.4, 0.5) is 0 Å². The van der Waals surface area contributed by atoms with E-state index in [-0.39, 0.29) is 24.0 Å². The number of thioether (sulfide) groups is 1. The zero-order valence-corrected chi connectivity index (χ0v) is 17.7. The van der Waals surface area contributed by atoms with Crippen LogP contribution in [0, 0.1) is 0 Å². The summed E-state index contributed by atoms with van der Waals surface area (Å²) in [6, 6.07) is 14.3. The summed E-state index contributed by atoms with van der Waals surface area (Å²) < 4.78 is 5.54. The van der Waals surface area contributed by atoms with Crippen molar-refractivity contribution in [2.24, 2.45) is 4.99 Å². The number of hydrogen-bond acceptors (Lipinski definition) is 4. The number of ether oxygens (including phenoxy) is 1. The van der Waals surface area contributed by atoms with E-state index < -0.39 is 0 Å². The molecular weight excluding hydrogens is 447 g/mol. The van der Waals surface area contributed by atoms with Gasteiger partial charge in [0.15, 0.2) is 5.96 Å². The average Bonchev–Trinajstić information content (AvgIpc) is 2.63. The van der Waals surface area contributed by atoms with Gasteiger partial charge in [-0.3, -0.25) is 4.99 Å². The lowest BCUT2D eigenvalue weighted by Gasteiger charge is -2.13. The molecule has 0 saturated carbocycles. The Balaban J connectivity index is 0.00000312. The van der Waals surface area contributed by atoms with Gasteiger partial charge in [0.25, 0.3) is 0 Å². The zero-order valence-electron chi connectivity index (χ0n) is 14.6. The van der Waals surface area contributed by atoms with Gasteiger partial charge in [-0.1, -0.05) is 24.3 Å². The maximum absolute atomic E-state index is 5.54. The second-order valence-corrected chi connectivity index (χ2v) is 6.08. The third kappa shape index (κ3) is 7.96. The van der Waals surface area contributed by atoms with E-state index in [1.807, 2.05) is 36.9 Å². The van der Waals surface area contributed by atoms with Crippen LogP contribution in [0.3, 0.4) is 0 Å². The number of benzene rings is 1. The minimum Gasteiger partial charge on any atom is -0.478 e. The van der Waals surface area contributed by atoms with Crippen molar-refractivity contribution in [1.29, 1.82) is 0 Å². The van der Waals surface area contributed by atoms with Crippen LogP contribution < -0.4 is 15.4 Å². The minimum atomic E-state index is 0. The van der Waals surface area contributed by atoms with Crippen molar-refractivity contribution in [2.45, 2.75) is 18.4 Å². The Morgan fingerprint density at radius 3 is 2.68 bits per heavy atom. The SMILES string of the molecule is CCOc1ncccc1CNC(=NC)NCCSc1ccccc1.I. The first-order chi connectivity index (χ1) is 11.8. The van der Waals surface area contributed by atoms with Gasteiger partial charge in [0.2, 0.25) is 5.88 Å². The molecule has 136 valence electrons. The molecule has 0 aliphatic heterocycles. The van der Waals surface area contributed by atoms with Crippen LogP contribution in [-0.4, -0.2) is 36.9 Å². The van der Waals surface area contributed by atoms with Gasteiger partial charge in [0.1, 0.15) is 0 Å². The Kier molecular flexibility index (Phi) is 11.1. The number of aliphatic imine (C=N–C) groups is 1. The summed E-state index contributed by atoms with van der Waals surface area (Å²) in [4.78, 5) is 9.78. The first-order valence-corrected chi connectivity index (χ1v) is 9.01. The molecule has 0 bridgehead atoms. The maximum atomic E-state index is 5.54. The minimum absolute atomic E-state index is 0. The van der Waals surface area contributed by atoms with Crippen molar-refractivity contribution < 1.29 is 4.74 Å². The topological polar surface area (TPSA) is 58.5 Å². The van der Waals surface area contributed by atoms with E-state index in [0.717, 1.165) is 23.8 Å². The Morgan fingerprint density at radius 2 is 1.96 bits per heavy atom. The van der Waals surface area contributed by atoms with Gasteiger partial charge in [0.05, 0.1) is 6.61 Å². The van der Waals surface area contributed by atoms with Crippen LogP contribution in [-0.2, 0) is 6.54 Å². The van der Waals surface area contributed by atoms with Gasteiger partial charge < -0.3 is 15.4 Å². The molecule has 1 heterocycles. The van der Waals surface area contributed by atoms with Crippen molar-refractivity contribution in [3.8, 4) is 5.88 Å². The summed E-state index contributed by atoms with van der Waals surface area (Å²) >= 11 is 1.82. The predicted octanol–water partition coefficient (Wildman–Crippen LogP) is 3.56. The Morgan fingerprint density at radius 1 is 1.16 bits per heavy atom. The van der Waals surface area contributed by atoms with E-state index >= 15 is 0 Å². The molecule has 0 aliphatic carbocycles. The number of nitrogens with one attached hydrogen (secondary N) is 2. The summed E-state index contributed by atoms with van der Waals surface area (Å²) in [7, 11) is 1.77. The molecule has 5 nitrogen and oxygen atoms in total. The summed E-state index contributed by atoms with van der Waals surface area (Å²) in [5.74, 6) is 2.42. The molecular formula is C18H25IN4OS. The normalized spacial score (nSPS) is 10.7. The number of hydrogen-bond donors (Lipinski definition) is 2. The highest BCUT2D eigenvalue weighted by atomic mass is 127. The third-order valence-electron chi connectivity index (χ3n) is 3.21. The Labute approximate surface area is 171 Å². The van der Waals surface area contributed by atoms with Crippen molar-refractivity contribution in [3.63, 3.8) is 0 Å². The molecule has 0 amide bonds. The number of guanidine groups is 1. The van der Waals surface area contributed by atoms with E-state index in [9.17, 15) is 0 Å². The van der Waals surface area contributed by atoms with Gasteiger partial charge in [-0.25, -0.2) is 4.98 Å². The molecule has 25 heavy (non-hydrogen) atoms. The van der Waals surface area contributed by atoms with Gasteiger partial charge in [-0.05, 0) is 25.1 Å². The van der Waals surface area contributed by atoms with Gasteiger partial charge in [-0.2, -0.15) is 0 Å². The van der Waals surface area contributed by atoms with Crippen LogP contribution in [0.15, 0.2) is 58.5 Å². The molecule has 0 saturated heterocycles. The molecule has 0 fully saturated rings. The molecule has 0 unspecified atom stereocenters. The highest BCUT2D eigenvalue weighted by Crippen LogP contribution is 2.16. The van der Waals surface area contributed by atoms with Crippen LogP contribution in [0.25, 0.3) is 0 Å². The van der Waals surface area contributed by atoms with E-state index in [1.165, 1.54) is 4.90 Å². The molecule has 1 aromatic heterocycles. The molecule has 0 radical (unpaired) electrons. The molecule has 1 aromatic carbocycles. The summed E-state index contributed by atoms with van der Waals surface area (Å²) in [5.41, 5.74) is 1.01. The third-order valence-corrected chi connectivity index (χ3v) is 4.22. The molecule has 2 N–H and O–H groups in total. The second kappa shape index (κ2) is 12.8. The van der Waals surface area contributed by atoms with E-state index in [0.29, 0.717) is 19.0 Å². The standard InChI is InChI=1S/C18H24N4OS.HI/c1-3-23-17-15(8-7-11-20-17)14-22-18(19-2)21-12-13-24-16-9-5-4-6-10-16;/h4-11H,3,12-14H2,1-2H3,(H2,19,21,22);1H. The molecule has 2 rings (SSSR count). The van der Waals surface area contributed by atoms with Gasteiger partial charge >= 0.3 is 0 Å². The van der Waals surface area contributed by atoms with Crippen molar-refractivity contribution in [1.82, 2.24) is 15.6 Å². The van der Waals surface area contributed by atoms with Crippen LogP contribution >= 0.6 is 35.7 Å². The average molecular weight is 472 g/mol. The first-order valence-electron chi connectivity index (χ1n) is 8.02. The van der Waals surface area contributed by atoms with Gasteiger partial charge in [-0.15, -0.1) is 35.7 Å². The number of nitrogens with zero attached hydrogens (tertiary/aromatic N) is 2. The summed E-state index contributed by atoms with van der Waals surface area (Å²) in [6.07, 6.45) is 1.74. The van der Waals surface area contributed by atoms with E-state index in [1.54, 1.807) is 13.2 Å². The molecule has 0 aliphatic rings. The van der Waals surface area contributed by atoms with Crippen LogP contribution in [0.2, 0.25) is 0 Å². The number of halogens is 1. The quantitative estimate of drug-likeness (QED) is 0.202. The molecule has 2 aromatic rings. The lowest BCUT2D eigenvalue weighted by molar-refractivity contribution is 0.322.